The maximum Gasteiger partial charge on any atom is 0.186 e. The Labute approximate surface area is 133 Å². The van der Waals surface area contributed by atoms with Crippen molar-refractivity contribution < 1.29 is 0 Å². The highest BCUT2D eigenvalue weighted by Gasteiger charge is 2.32. The minimum absolute atomic E-state index is 0.543. The largest absolute Gasteiger partial charge is 0.345 e. The van der Waals surface area contributed by atoms with Crippen molar-refractivity contribution in [2.75, 3.05) is 11.4 Å². The third kappa shape index (κ3) is 3.59. The molecule has 1 unspecified atom stereocenters. The average molecular weight is 308 g/mol. The van der Waals surface area contributed by atoms with Crippen LogP contribution in [-0.4, -0.2) is 23.6 Å². The first-order valence-corrected chi connectivity index (χ1v) is 9.50. The van der Waals surface area contributed by atoms with E-state index in [2.05, 4.69) is 31.0 Å². The van der Waals surface area contributed by atoms with Crippen LogP contribution in [0.1, 0.15) is 75.8 Å². The molecule has 0 amide bonds. The van der Waals surface area contributed by atoms with Gasteiger partial charge < -0.3 is 10.2 Å². The molecule has 3 nitrogen and oxygen atoms in total. The Balaban J connectivity index is 1.79. The van der Waals surface area contributed by atoms with E-state index in [1.807, 2.05) is 11.3 Å². The lowest BCUT2D eigenvalue weighted by Gasteiger charge is -2.35. The quantitative estimate of drug-likeness (QED) is 0.850. The van der Waals surface area contributed by atoms with Crippen molar-refractivity contribution in [3.8, 4) is 0 Å². The van der Waals surface area contributed by atoms with Crippen molar-refractivity contribution in [3.05, 3.63) is 10.6 Å². The van der Waals surface area contributed by atoms with Gasteiger partial charge in [-0.3, -0.25) is 0 Å². The second-order valence-electron chi connectivity index (χ2n) is 6.87. The van der Waals surface area contributed by atoms with E-state index in [4.69, 9.17) is 4.98 Å². The van der Waals surface area contributed by atoms with E-state index < -0.39 is 0 Å². The summed E-state index contributed by atoms with van der Waals surface area (Å²) < 4.78 is 0. The van der Waals surface area contributed by atoms with E-state index in [0.29, 0.717) is 12.1 Å². The van der Waals surface area contributed by atoms with Crippen LogP contribution in [0, 0.1) is 0 Å². The number of thiazole rings is 1. The summed E-state index contributed by atoms with van der Waals surface area (Å²) in [6, 6.07) is 1.25. The lowest BCUT2D eigenvalue weighted by Crippen LogP contribution is -2.39. The summed E-state index contributed by atoms with van der Waals surface area (Å²) in [4.78, 5) is 9.16. The van der Waals surface area contributed by atoms with Gasteiger partial charge in [0.15, 0.2) is 5.13 Å². The number of hydrogen-bond donors (Lipinski definition) is 1. The molecule has 1 atom stereocenters. The molecule has 0 spiro atoms. The molecule has 3 rings (SSSR count). The zero-order chi connectivity index (χ0) is 14.8. The number of rotatable bonds is 6. The van der Waals surface area contributed by atoms with Gasteiger partial charge in [0.05, 0.1) is 5.69 Å². The van der Waals surface area contributed by atoms with Gasteiger partial charge in [-0.1, -0.05) is 20.8 Å². The molecule has 0 radical (unpaired) electrons. The minimum atomic E-state index is 0.543. The van der Waals surface area contributed by atoms with E-state index >= 15 is 0 Å². The van der Waals surface area contributed by atoms with Crippen molar-refractivity contribution in [1.29, 1.82) is 0 Å². The van der Waals surface area contributed by atoms with Gasteiger partial charge in [-0.25, -0.2) is 4.98 Å². The second kappa shape index (κ2) is 6.66. The molecule has 1 aromatic heterocycles. The van der Waals surface area contributed by atoms with Crippen LogP contribution >= 0.6 is 11.3 Å². The third-order valence-corrected chi connectivity index (χ3v) is 5.80. The summed E-state index contributed by atoms with van der Waals surface area (Å²) in [6.07, 6.45) is 7.99. The summed E-state index contributed by atoms with van der Waals surface area (Å²) in [5.74, 6) is 0.754. The molecule has 118 valence electrons. The van der Waals surface area contributed by atoms with Crippen molar-refractivity contribution in [2.24, 2.45) is 0 Å². The normalized spacial score (nSPS) is 23.0. The Morgan fingerprint density at radius 3 is 2.76 bits per heavy atom. The average Bonchev–Trinajstić information content (AvgIpc) is 3.25. The van der Waals surface area contributed by atoms with Crippen LogP contribution < -0.4 is 10.2 Å². The lowest BCUT2D eigenvalue weighted by atomic mass is 10.0. The van der Waals surface area contributed by atoms with E-state index in [9.17, 15) is 0 Å². The number of aromatic nitrogens is 1. The summed E-state index contributed by atoms with van der Waals surface area (Å²) in [7, 11) is 0. The molecular formula is C17H29N3S. The predicted octanol–water partition coefficient (Wildman–Crippen LogP) is 4.29. The maximum atomic E-state index is 5.08. The first kappa shape index (κ1) is 15.3. The first-order valence-electron chi connectivity index (χ1n) is 8.68. The van der Waals surface area contributed by atoms with Crippen molar-refractivity contribution in [1.82, 2.24) is 10.3 Å². The predicted molar refractivity (Wildman–Crippen MR) is 91.3 cm³/mol. The second-order valence-corrected chi connectivity index (χ2v) is 7.93. The molecule has 21 heavy (non-hydrogen) atoms. The molecule has 0 bridgehead atoms. The molecule has 1 saturated carbocycles. The molecule has 1 aliphatic heterocycles. The fourth-order valence-corrected chi connectivity index (χ4v) is 4.44. The molecular weight excluding hydrogens is 278 g/mol. The number of piperidine rings is 1. The Morgan fingerprint density at radius 1 is 1.29 bits per heavy atom. The van der Waals surface area contributed by atoms with Gasteiger partial charge in [0.2, 0.25) is 0 Å². The van der Waals surface area contributed by atoms with Crippen molar-refractivity contribution >= 4 is 16.5 Å². The summed E-state index contributed by atoms with van der Waals surface area (Å²) in [5, 5.41) is 4.87. The number of hydrogen-bond acceptors (Lipinski definition) is 4. The standard InChI is InChI=1S/C17H29N3S/c1-4-14-7-5-6-10-20(14)17-19-16(13-8-9-13)15(21-17)11-18-12(2)3/h12-14,18H,4-11H2,1-3H3. The maximum absolute atomic E-state index is 5.08. The summed E-state index contributed by atoms with van der Waals surface area (Å²) >= 11 is 1.95. The monoisotopic (exact) mass is 307 g/mol. The van der Waals surface area contributed by atoms with E-state index in [0.717, 1.165) is 12.5 Å². The Kier molecular flexibility index (Phi) is 4.85. The van der Waals surface area contributed by atoms with Crippen LogP contribution in [-0.2, 0) is 6.54 Å². The van der Waals surface area contributed by atoms with Crippen molar-refractivity contribution in [2.45, 2.75) is 83.8 Å². The molecule has 2 aliphatic rings. The molecule has 1 N–H and O–H groups in total. The van der Waals surface area contributed by atoms with E-state index in [-0.39, 0.29) is 0 Å². The highest BCUT2D eigenvalue weighted by atomic mass is 32.1. The van der Waals surface area contributed by atoms with Crippen LogP contribution in [0.3, 0.4) is 0 Å². The van der Waals surface area contributed by atoms with Crippen LogP contribution in [0.4, 0.5) is 5.13 Å². The smallest absolute Gasteiger partial charge is 0.186 e. The molecule has 2 heterocycles. The van der Waals surface area contributed by atoms with Gasteiger partial charge in [0, 0.05) is 36.0 Å². The lowest BCUT2D eigenvalue weighted by molar-refractivity contribution is 0.449. The van der Waals surface area contributed by atoms with Gasteiger partial charge >= 0.3 is 0 Å². The van der Waals surface area contributed by atoms with Crippen LogP contribution in [0.2, 0.25) is 0 Å². The number of anilines is 1. The highest BCUT2D eigenvalue weighted by molar-refractivity contribution is 7.15. The van der Waals surface area contributed by atoms with Gasteiger partial charge in [-0.2, -0.15) is 0 Å². The summed E-state index contributed by atoms with van der Waals surface area (Å²) in [5.41, 5.74) is 1.41. The van der Waals surface area contributed by atoms with Crippen LogP contribution in [0.5, 0.6) is 0 Å². The molecule has 2 fully saturated rings. The Morgan fingerprint density at radius 2 is 2.10 bits per heavy atom. The van der Waals surface area contributed by atoms with Gasteiger partial charge in [0.1, 0.15) is 0 Å². The molecule has 1 aliphatic carbocycles. The SMILES string of the molecule is CCC1CCCCN1c1nc(C2CC2)c(CNC(C)C)s1. The van der Waals surface area contributed by atoms with Gasteiger partial charge in [-0.15, -0.1) is 11.3 Å². The zero-order valence-electron chi connectivity index (χ0n) is 13.7. The third-order valence-electron chi connectivity index (χ3n) is 4.70. The number of nitrogens with zero attached hydrogens (tertiary/aromatic N) is 2. The minimum Gasteiger partial charge on any atom is -0.345 e. The topological polar surface area (TPSA) is 28.2 Å². The highest BCUT2D eigenvalue weighted by Crippen LogP contribution is 2.45. The Hall–Kier alpha value is -0.610. The molecule has 1 aromatic rings. The van der Waals surface area contributed by atoms with Crippen LogP contribution in [0.25, 0.3) is 0 Å². The number of nitrogens with one attached hydrogen (secondary N) is 1. The Bertz CT molecular complexity index is 465. The molecule has 0 aromatic carbocycles. The van der Waals surface area contributed by atoms with Gasteiger partial charge in [-0.05, 0) is 38.5 Å². The first-order chi connectivity index (χ1) is 10.2. The van der Waals surface area contributed by atoms with Crippen molar-refractivity contribution in [3.63, 3.8) is 0 Å². The van der Waals surface area contributed by atoms with E-state index in [1.54, 1.807) is 0 Å². The summed E-state index contributed by atoms with van der Waals surface area (Å²) in [6.45, 7) is 8.95. The fourth-order valence-electron chi connectivity index (χ4n) is 3.25. The molecule has 1 saturated heterocycles. The zero-order valence-corrected chi connectivity index (χ0v) is 14.5. The van der Waals surface area contributed by atoms with E-state index in [1.165, 1.54) is 60.8 Å². The fraction of sp³-hybridized carbons (Fsp3) is 0.824. The van der Waals surface area contributed by atoms with Crippen LogP contribution in [0.15, 0.2) is 0 Å². The molecule has 4 heteroatoms. The van der Waals surface area contributed by atoms with Gasteiger partial charge in [0.25, 0.3) is 0 Å².